The van der Waals surface area contributed by atoms with Gasteiger partial charge in [0.2, 0.25) is 0 Å². The first-order valence-corrected chi connectivity index (χ1v) is 10.6. The highest BCUT2D eigenvalue weighted by atomic mass is 19.1. The number of hydrogen-bond donors (Lipinski definition) is 2. The lowest BCUT2D eigenvalue weighted by Crippen LogP contribution is -2.39. The molecule has 162 valence electrons. The topological polar surface area (TPSA) is 81.0 Å². The molecule has 0 spiro atoms. The molecule has 3 aromatic rings. The van der Waals surface area contributed by atoms with Gasteiger partial charge < -0.3 is 10.6 Å². The fourth-order valence-electron chi connectivity index (χ4n) is 3.50. The van der Waals surface area contributed by atoms with Gasteiger partial charge in [0.25, 0.3) is 0 Å². The number of hydrogen-bond acceptors (Lipinski definition) is 3. The van der Waals surface area contributed by atoms with E-state index in [0.717, 1.165) is 25.7 Å². The quantitative estimate of drug-likeness (QED) is 0.519. The van der Waals surface area contributed by atoms with Crippen LogP contribution in [0.2, 0.25) is 0 Å². The number of halogens is 1. The molecular formula is C23H26FN5O2. The molecule has 1 aromatic heterocycles. The summed E-state index contributed by atoms with van der Waals surface area (Å²) in [6.45, 7) is 1.13. The van der Waals surface area contributed by atoms with Gasteiger partial charge in [-0.3, -0.25) is 4.57 Å². The molecule has 1 aliphatic rings. The molecule has 0 bridgehead atoms. The molecule has 0 saturated heterocycles. The summed E-state index contributed by atoms with van der Waals surface area (Å²) >= 11 is 0. The summed E-state index contributed by atoms with van der Waals surface area (Å²) in [7, 11) is 0. The van der Waals surface area contributed by atoms with Gasteiger partial charge in [0.1, 0.15) is 5.82 Å². The van der Waals surface area contributed by atoms with Gasteiger partial charge in [0.15, 0.2) is 5.82 Å². The van der Waals surface area contributed by atoms with Gasteiger partial charge in [-0.15, -0.1) is 5.10 Å². The Balaban J connectivity index is 1.28. The number of benzene rings is 2. The lowest BCUT2D eigenvalue weighted by molar-refractivity contribution is 0.240. The second kappa shape index (κ2) is 9.59. The van der Waals surface area contributed by atoms with Crippen LogP contribution in [-0.2, 0) is 13.0 Å². The van der Waals surface area contributed by atoms with Crippen molar-refractivity contribution in [2.75, 3.05) is 13.1 Å². The number of carbonyl (C=O) groups is 1. The van der Waals surface area contributed by atoms with Crippen LogP contribution in [-0.4, -0.2) is 33.5 Å². The van der Waals surface area contributed by atoms with Gasteiger partial charge >= 0.3 is 11.7 Å². The van der Waals surface area contributed by atoms with Crippen molar-refractivity contribution in [3.63, 3.8) is 0 Å². The highest BCUT2D eigenvalue weighted by Gasteiger charge is 2.30. The predicted molar refractivity (Wildman–Crippen MR) is 116 cm³/mol. The Morgan fingerprint density at radius 1 is 1.03 bits per heavy atom. The monoisotopic (exact) mass is 423 g/mol. The summed E-state index contributed by atoms with van der Waals surface area (Å²) in [5.41, 5.74) is 1.74. The number of aromatic nitrogens is 3. The highest BCUT2D eigenvalue weighted by Crippen LogP contribution is 2.36. The number of nitrogens with one attached hydrogen (secondary N) is 2. The van der Waals surface area contributed by atoms with Crippen LogP contribution in [0.25, 0.3) is 11.4 Å². The van der Waals surface area contributed by atoms with E-state index in [1.54, 1.807) is 16.7 Å². The number of carbonyl (C=O) groups excluding carboxylic acids is 1. The van der Waals surface area contributed by atoms with Crippen molar-refractivity contribution in [3.8, 4) is 11.4 Å². The summed E-state index contributed by atoms with van der Waals surface area (Å²) in [6.07, 6.45) is 3.62. The molecule has 8 heteroatoms. The van der Waals surface area contributed by atoms with Crippen molar-refractivity contribution in [2.24, 2.45) is 0 Å². The molecule has 1 fully saturated rings. The summed E-state index contributed by atoms with van der Waals surface area (Å²) in [5, 5.41) is 10.1. The van der Waals surface area contributed by atoms with E-state index in [9.17, 15) is 14.0 Å². The second-order valence-electron chi connectivity index (χ2n) is 7.71. The van der Waals surface area contributed by atoms with Crippen LogP contribution in [0.4, 0.5) is 9.18 Å². The predicted octanol–water partition coefficient (Wildman–Crippen LogP) is 3.12. The summed E-state index contributed by atoms with van der Waals surface area (Å²) in [6, 6.07) is 16.0. The largest absolute Gasteiger partial charge is 0.346 e. The van der Waals surface area contributed by atoms with Crippen molar-refractivity contribution >= 4 is 6.03 Å². The molecule has 0 radical (unpaired) electrons. The average molecular weight is 423 g/mol. The Hall–Kier alpha value is -3.42. The van der Waals surface area contributed by atoms with Crippen molar-refractivity contribution < 1.29 is 9.18 Å². The standard InChI is InChI=1S/C23H26FN5O2/c24-19-10-8-18(9-11-19)21-27-28(23(31)29(21)20-12-13-20)16-15-26-22(30)25-14-4-7-17-5-2-1-3-6-17/h1-3,5-6,8-11,20H,4,7,12-16H2,(H2,25,26,30). The summed E-state index contributed by atoms with van der Waals surface area (Å²) < 4.78 is 16.3. The van der Waals surface area contributed by atoms with Crippen LogP contribution < -0.4 is 16.3 Å². The fourth-order valence-corrected chi connectivity index (χ4v) is 3.50. The number of urea groups is 1. The lowest BCUT2D eigenvalue weighted by Gasteiger charge is -2.07. The molecule has 0 unspecified atom stereocenters. The van der Waals surface area contributed by atoms with Crippen LogP contribution >= 0.6 is 0 Å². The molecule has 1 aliphatic carbocycles. The summed E-state index contributed by atoms with van der Waals surface area (Å²) in [5.74, 6) is 0.209. The molecule has 0 atom stereocenters. The van der Waals surface area contributed by atoms with Gasteiger partial charge in [-0.1, -0.05) is 30.3 Å². The minimum Gasteiger partial charge on any atom is -0.338 e. The normalized spacial score (nSPS) is 13.2. The summed E-state index contributed by atoms with van der Waals surface area (Å²) in [4.78, 5) is 24.8. The molecule has 31 heavy (non-hydrogen) atoms. The van der Waals surface area contributed by atoms with Crippen LogP contribution in [0.5, 0.6) is 0 Å². The van der Waals surface area contributed by atoms with Gasteiger partial charge in [-0.05, 0) is 55.5 Å². The molecule has 1 saturated carbocycles. The first-order valence-electron chi connectivity index (χ1n) is 10.6. The molecule has 1 heterocycles. The van der Waals surface area contributed by atoms with E-state index in [0.29, 0.717) is 17.9 Å². The Bertz CT molecular complexity index is 1070. The van der Waals surface area contributed by atoms with E-state index in [4.69, 9.17) is 0 Å². The van der Waals surface area contributed by atoms with Crippen LogP contribution in [0, 0.1) is 5.82 Å². The Kier molecular flexibility index (Phi) is 6.45. The Morgan fingerprint density at radius 3 is 2.45 bits per heavy atom. The van der Waals surface area contributed by atoms with E-state index in [-0.39, 0.29) is 36.7 Å². The van der Waals surface area contributed by atoms with Crippen molar-refractivity contribution in [2.45, 2.75) is 38.3 Å². The molecule has 4 rings (SSSR count). The van der Waals surface area contributed by atoms with Crippen molar-refractivity contribution in [1.82, 2.24) is 25.0 Å². The van der Waals surface area contributed by atoms with Gasteiger partial charge in [-0.25, -0.2) is 18.7 Å². The van der Waals surface area contributed by atoms with Crippen molar-refractivity contribution in [1.29, 1.82) is 0 Å². The molecule has 2 N–H and O–H groups in total. The minimum atomic E-state index is -0.331. The van der Waals surface area contributed by atoms with Gasteiger partial charge in [0.05, 0.1) is 6.54 Å². The van der Waals surface area contributed by atoms with Crippen LogP contribution in [0.1, 0.15) is 30.9 Å². The van der Waals surface area contributed by atoms with Gasteiger partial charge in [0, 0.05) is 24.7 Å². The third-order valence-corrected chi connectivity index (χ3v) is 5.26. The van der Waals surface area contributed by atoms with Crippen molar-refractivity contribution in [3.05, 3.63) is 76.5 Å². The smallest absolute Gasteiger partial charge is 0.338 e. The van der Waals surface area contributed by atoms with E-state index in [1.165, 1.54) is 22.4 Å². The SMILES string of the molecule is O=C(NCCCc1ccccc1)NCCn1nc(-c2ccc(F)cc2)n(C2CC2)c1=O. The lowest BCUT2D eigenvalue weighted by atomic mass is 10.1. The zero-order valence-electron chi connectivity index (χ0n) is 17.3. The number of amides is 2. The van der Waals surface area contributed by atoms with Crippen LogP contribution in [0.15, 0.2) is 59.4 Å². The second-order valence-corrected chi connectivity index (χ2v) is 7.71. The zero-order chi connectivity index (χ0) is 21.6. The number of nitrogens with zero attached hydrogens (tertiary/aromatic N) is 3. The van der Waals surface area contributed by atoms with Crippen LogP contribution in [0.3, 0.4) is 0 Å². The maximum absolute atomic E-state index is 13.3. The third kappa shape index (κ3) is 5.39. The molecule has 2 amide bonds. The van der Waals surface area contributed by atoms with E-state index in [1.807, 2.05) is 18.2 Å². The average Bonchev–Trinajstić information content (AvgIpc) is 3.56. The zero-order valence-corrected chi connectivity index (χ0v) is 17.3. The van der Waals surface area contributed by atoms with E-state index < -0.39 is 0 Å². The first kappa shape index (κ1) is 20.8. The molecular weight excluding hydrogens is 397 g/mol. The number of aryl methyl sites for hydroxylation is 1. The van der Waals surface area contributed by atoms with Gasteiger partial charge in [-0.2, -0.15) is 0 Å². The van der Waals surface area contributed by atoms with E-state index >= 15 is 0 Å². The maximum atomic E-state index is 13.3. The Labute approximate surface area is 179 Å². The number of rotatable bonds is 9. The fraction of sp³-hybridized carbons (Fsp3) is 0.348. The Morgan fingerprint density at radius 2 is 1.74 bits per heavy atom. The van der Waals surface area contributed by atoms with E-state index in [2.05, 4.69) is 27.9 Å². The molecule has 0 aliphatic heterocycles. The maximum Gasteiger partial charge on any atom is 0.346 e. The third-order valence-electron chi connectivity index (χ3n) is 5.26. The molecule has 7 nitrogen and oxygen atoms in total. The highest BCUT2D eigenvalue weighted by molar-refractivity contribution is 5.73. The minimum absolute atomic E-state index is 0.141. The molecule has 2 aromatic carbocycles. The first-order chi connectivity index (χ1) is 15.1.